The molecule has 0 aromatic heterocycles. The third-order valence-electron chi connectivity index (χ3n) is 1.94. The van der Waals surface area contributed by atoms with Crippen molar-refractivity contribution in [2.24, 2.45) is 0 Å². The second-order valence-corrected chi connectivity index (χ2v) is 4.49. The number of anilines is 1. The van der Waals surface area contributed by atoms with Gasteiger partial charge in [-0.15, -0.1) is 11.6 Å². The summed E-state index contributed by atoms with van der Waals surface area (Å²) >= 11 is 8.31. The molecule has 0 saturated carbocycles. The van der Waals surface area contributed by atoms with Crippen LogP contribution in [0.25, 0.3) is 0 Å². The quantitative estimate of drug-likeness (QED) is 0.776. The fourth-order valence-corrected chi connectivity index (χ4v) is 1.60. The second kappa shape index (κ2) is 7.06. The van der Waals surface area contributed by atoms with Crippen LogP contribution in [0.1, 0.15) is 0 Å². The first-order chi connectivity index (χ1) is 8.43. The van der Waals surface area contributed by atoms with Crippen LogP contribution in [0.15, 0.2) is 16.6 Å². The predicted molar refractivity (Wildman–Crippen MR) is 65.9 cm³/mol. The van der Waals surface area contributed by atoms with Crippen molar-refractivity contribution in [3.8, 4) is 5.75 Å². The van der Waals surface area contributed by atoms with Gasteiger partial charge in [0.25, 0.3) is 0 Å². The van der Waals surface area contributed by atoms with Gasteiger partial charge in [-0.05, 0) is 22.0 Å². The van der Waals surface area contributed by atoms with E-state index in [4.69, 9.17) is 11.6 Å². The zero-order valence-electron chi connectivity index (χ0n) is 8.97. The lowest BCUT2D eigenvalue weighted by molar-refractivity contribution is -0.0495. The Labute approximate surface area is 115 Å². The summed E-state index contributed by atoms with van der Waals surface area (Å²) in [5, 5.41) is 11.9. The van der Waals surface area contributed by atoms with Crippen molar-refractivity contribution in [1.29, 1.82) is 0 Å². The number of ether oxygens (including phenoxy) is 1. The third kappa shape index (κ3) is 4.55. The molecule has 2 N–H and O–H groups in total. The molecule has 3 nitrogen and oxygen atoms in total. The lowest BCUT2D eigenvalue weighted by Gasteiger charge is -2.15. The molecule has 0 saturated heterocycles. The van der Waals surface area contributed by atoms with Crippen LogP contribution in [0.3, 0.4) is 0 Å². The minimum atomic E-state index is -3.07. The molecular formula is C10H10BrClF3NO2. The first-order valence-electron chi connectivity index (χ1n) is 4.85. The van der Waals surface area contributed by atoms with Crippen LogP contribution in [0.5, 0.6) is 5.75 Å². The van der Waals surface area contributed by atoms with Crippen molar-refractivity contribution in [1.82, 2.24) is 0 Å². The Morgan fingerprint density at radius 2 is 2.11 bits per heavy atom. The summed E-state index contributed by atoms with van der Waals surface area (Å²) in [7, 11) is 0. The van der Waals surface area contributed by atoms with Gasteiger partial charge < -0.3 is 15.2 Å². The molecule has 0 spiro atoms. The zero-order valence-corrected chi connectivity index (χ0v) is 11.3. The summed E-state index contributed by atoms with van der Waals surface area (Å²) in [4.78, 5) is 0. The Morgan fingerprint density at radius 3 is 2.67 bits per heavy atom. The van der Waals surface area contributed by atoms with E-state index in [0.29, 0.717) is 0 Å². The van der Waals surface area contributed by atoms with Crippen molar-refractivity contribution >= 4 is 33.2 Å². The van der Waals surface area contributed by atoms with Gasteiger partial charge in [0.15, 0.2) is 5.75 Å². The maximum atomic E-state index is 13.2. The van der Waals surface area contributed by atoms with Crippen molar-refractivity contribution in [3.05, 3.63) is 22.4 Å². The minimum Gasteiger partial charge on any atom is -0.433 e. The van der Waals surface area contributed by atoms with Gasteiger partial charge in [-0.2, -0.15) is 8.78 Å². The molecular weight excluding hydrogens is 338 g/mol. The van der Waals surface area contributed by atoms with Gasteiger partial charge in [0.2, 0.25) is 0 Å². The summed E-state index contributed by atoms with van der Waals surface area (Å²) in [6.07, 6.45) is -0.852. The van der Waals surface area contributed by atoms with Crippen molar-refractivity contribution in [2.45, 2.75) is 12.7 Å². The van der Waals surface area contributed by atoms with E-state index in [9.17, 15) is 18.3 Å². The van der Waals surface area contributed by atoms with Crippen molar-refractivity contribution in [2.75, 3.05) is 17.7 Å². The molecule has 0 radical (unpaired) electrons. The largest absolute Gasteiger partial charge is 0.433 e. The van der Waals surface area contributed by atoms with Crippen LogP contribution < -0.4 is 10.1 Å². The number of rotatable bonds is 6. The van der Waals surface area contributed by atoms with Crippen LogP contribution in [-0.2, 0) is 0 Å². The highest BCUT2D eigenvalue weighted by Gasteiger charge is 2.14. The fourth-order valence-electron chi connectivity index (χ4n) is 1.14. The number of alkyl halides is 3. The highest BCUT2D eigenvalue weighted by atomic mass is 79.9. The lowest BCUT2D eigenvalue weighted by Crippen LogP contribution is -2.21. The van der Waals surface area contributed by atoms with Gasteiger partial charge in [-0.3, -0.25) is 0 Å². The highest BCUT2D eigenvalue weighted by Crippen LogP contribution is 2.31. The number of aliphatic hydroxyl groups is 1. The Morgan fingerprint density at radius 1 is 1.44 bits per heavy atom. The molecule has 1 unspecified atom stereocenters. The van der Waals surface area contributed by atoms with Gasteiger partial charge in [-0.1, -0.05) is 0 Å². The predicted octanol–water partition coefficient (Wildman–Crippen LogP) is 3.20. The first-order valence-corrected chi connectivity index (χ1v) is 6.18. The fraction of sp³-hybridized carbons (Fsp3) is 0.400. The number of nitrogens with one attached hydrogen (secondary N) is 1. The second-order valence-electron chi connectivity index (χ2n) is 3.33. The van der Waals surface area contributed by atoms with Crippen LogP contribution in [0, 0.1) is 5.82 Å². The normalized spacial score (nSPS) is 12.6. The SMILES string of the molecule is OC(CCl)CNc1cc(Br)c(F)cc1OC(F)F. The molecule has 1 aromatic rings. The monoisotopic (exact) mass is 347 g/mol. The van der Waals surface area contributed by atoms with Crippen LogP contribution in [0.2, 0.25) is 0 Å². The summed E-state index contributed by atoms with van der Waals surface area (Å²) in [5.41, 5.74) is 0.132. The van der Waals surface area contributed by atoms with Gasteiger partial charge >= 0.3 is 6.61 Å². The Kier molecular flexibility index (Phi) is 6.04. The molecule has 0 aliphatic heterocycles. The number of hydrogen-bond donors (Lipinski definition) is 2. The molecule has 0 fully saturated rings. The molecule has 0 aliphatic rings. The minimum absolute atomic E-state index is 0.0135. The van der Waals surface area contributed by atoms with E-state index < -0.39 is 18.5 Å². The van der Waals surface area contributed by atoms with Crippen LogP contribution in [0.4, 0.5) is 18.9 Å². The standard InChI is InChI=1S/C10H10BrClF3NO2/c11-6-1-8(16-4-5(17)3-12)9(2-7(6)13)18-10(14)15/h1-2,5,10,16-17H,3-4H2. The average molecular weight is 349 g/mol. The van der Waals surface area contributed by atoms with Crippen LogP contribution in [-0.4, -0.2) is 30.2 Å². The van der Waals surface area contributed by atoms with Gasteiger partial charge in [0, 0.05) is 12.6 Å². The average Bonchev–Trinajstić information content (AvgIpc) is 2.30. The van der Waals surface area contributed by atoms with E-state index in [1.165, 1.54) is 6.07 Å². The molecule has 0 bridgehead atoms. The van der Waals surface area contributed by atoms with Gasteiger partial charge in [-0.25, -0.2) is 4.39 Å². The van der Waals surface area contributed by atoms with Crippen molar-refractivity contribution < 1.29 is 23.0 Å². The highest BCUT2D eigenvalue weighted by molar-refractivity contribution is 9.10. The Hall–Kier alpha value is -0.660. The van der Waals surface area contributed by atoms with E-state index in [2.05, 4.69) is 26.0 Å². The Bertz CT molecular complexity index is 409. The Balaban J connectivity index is 2.89. The van der Waals surface area contributed by atoms with E-state index in [1.54, 1.807) is 0 Å². The summed E-state index contributed by atoms with van der Waals surface area (Å²) in [5.74, 6) is -1.08. The molecule has 0 amide bonds. The number of halogens is 5. The third-order valence-corrected chi connectivity index (χ3v) is 2.91. The zero-order chi connectivity index (χ0) is 13.7. The van der Waals surface area contributed by atoms with E-state index in [-0.39, 0.29) is 28.3 Å². The number of hydrogen-bond acceptors (Lipinski definition) is 3. The van der Waals surface area contributed by atoms with E-state index in [0.717, 1.165) is 6.07 Å². The molecule has 102 valence electrons. The number of aliphatic hydroxyl groups excluding tert-OH is 1. The maximum absolute atomic E-state index is 13.2. The van der Waals surface area contributed by atoms with Crippen LogP contribution >= 0.6 is 27.5 Å². The number of benzene rings is 1. The topological polar surface area (TPSA) is 41.5 Å². The first kappa shape index (κ1) is 15.4. The smallest absolute Gasteiger partial charge is 0.387 e. The molecule has 18 heavy (non-hydrogen) atoms. The molecule has 1 aromatic carbocycles. The maximum Gasteiger partial charge on any atom is 0.387 e. The van der Waals surface area contributed by atoms with Gasteiger partial charge in [0.05, 0.1) is 22.1 Å². The molecule has 1 rings (SSSR count). The molecule has 1 atom stereocenters. The van der Waals surface area contributed by atoms with Gasteiger partial charge in [0.1, 0.15) is 5.82 Å². The molecule has 0 aliphatic carbocycles. The summed E-state index contributed by atoms with van der Waals surface area (Å²) in [6.45, 7) is -3.04. The summed E-state index contributed by atoms with van der Waals surface area (Å²) in [6, 6.07) is 2.07. The van der Waals surface area contributed by atoms with E-state index in [1.807, 2.05) is 0 Å². The molecule has 8 heteroatoms. The van der Waals surface area contributed by atoms with Crippen molar-refractivity contribution in [3.63, 3.8) is 0 Å². The lowest BCUT2D eigenvalue weighted by atomic mass is 10.2. The van der Waals surface area contributed by atoms with E-state index >= 15 is 0 Å². The summed E-state index contributed by atoms with van der Waals surface area (Å²) < 4.78 is 41.8. The molecule has 0 heterocycles.